The highest BCUT2D eigenvalue weighted by Crippen LogP contribution is 2.23. The lowest BCUT2D eigenvalue weighted by atomic mass is 10.2. The van der Waals surface area contributed by atoms with Gasteiger partial charge in [0, 0.05) is 5.02 Å². The predicted octanol–water partition coefficient (Wildman–Crippen LogP) is 3.43. The first-order chi connectivity index (χ1) is 9.89. The summed E-state index contributed by atoms with van der Waals surface area (Å²) in [6, 6.07) is 13.0. The molecule has 4 nitrogen and oxygen atoms in total. The van der Waals surface area contributed by atoms with Gasteiger partial charge in [-0.15, -0.1) is 0 Å². The van der Waals surface area contributed by atoms with Crippen LogP contribution in [0, 0.1) is 18.3 Å². The Balaban J connectivity index is 2.18. The van der Waals surface area contributed by atoms with Gasteiger partial charge in [-0.05, 0) is 48.4 Å². The molecule has 2 aromatic rings. The third-order valence-corrected chi connectivity index (χ3v) is 4.31. The van der Waals surface area contributed by atoms with E-state index in [2.05, 4.69) is 0 Å². The van der Waals surface area contributed by atoms with Gasteiger partial charge in [0.25, 0.3) is 0 Å². The van der Waals surface area contributed by atoms with Gasteiger partial charge in [-0.25, -0.2) is 0 Å². The van der Waals surface area contributed by atoms with E-state index in [1.807, 2.05) is 6.07 Å². The van der Waals surface area contributed by atoms with Crippen molar-refractivity contribution in [3.63, 3.8) is 0 Å². The molecule has 0 saturated carbocycles. The summed E-state index contributed by atoms with van der Waals surface area (Å²) in [6.07, 6.45) is 0. The van der Waals surface area contributed by atoms with Crippen LogP contribution in [0.15, 0.2) is 42.5 Å². The summed E-state index contributed by atoms with van der Waals surface area (Å²) in [6.45, 7) is 1.76. The molecular formula is C15H12ClNO3S. The highest BCUT2D eigenvalue weighted by Gasteiger charge is 2.15. The van der Waals surface area contributed by atoms with Crippen molar-refractivity contribution >= 4 is 21.7 Å². The summed E-state index contributed by atoms with van der Waals surface area (Å²) in [5.41, 5.74) is 1.64. The van der Waals surface area contributed by atoms with E-state index in [0.717, 1.165) is 5.56 Å². The zero-order valence-electron chi connectivity index (χ0n) is 11.2. The minimum atomic E-state index is -3.79. The van der Waals surface area contributed by atoms with Crippen LogP contribution in [0.25, 0.3) is 0 Å². The molecule has 2 aromatic carbocycles. The number of benzene rings is 2. The highest BCUT2D eigenvalue weighted by molar-refractivity contribution is 7.86. The van der Waals surface area contributed by atoms with E-state index in [1.165, 1.54) is 12.1 Å². The van der Waals surface area contributed by atoms with Crippen molar-refractivity contribution in [2.45, 2.75) is 12.7 Å². The van der Waals surface area contributed by atoms with Gasteiger partial charge < -0.3 is 4.18 Å². The quantitative estimate of drug-likeness (QED) is 0.809. The first-order valence-electron chi connectivity index (χ1n) is 6.07. The largest absolute Gasteiger partial charge is 0.382 e. The molecule has 2 rings (SSSR count). The van der Waals surface area contributed by atoms with Crippen LogP contribution < -0.4 is 4.18 Å². The smallest absolute Gasteiger partial charge is 0.313 e. The molecule has 0 spiro atoms. The molecule has 21 heavy (non-hydrogen) atoms. The topological polar surface area (TPSA) is 67.2 Å². The Labute approximate surface area is 128 Å². The predicted molar refractivity (Wildman–Crippen MR) is 80.6 cm³/mol. The van der Waals surface area contributed by atoms with Crippen LogP contribution in [0.3, 0.4) is 0 Å². The SMILES string of the molecule is Cc1cc(OS(=O)(=O)Cc2cccc(C#N)c2)ccc1Cl. The lowest BCUT2D eigenvalue weighted by Gasteiger charge is -2.08. The maximum absolute atomic E-state index is 12.0. The van der Waals surface area contributed by atoms with Crippen molar-refractivity contribution in [1.82, 2.24) is 0 Å². The van der Waals surface area contributed by atoms with Crippen molar-refractivity contribution in [2.24, 2.45) is 0 Å². The van der Waals surface area contributed by atoms with Crippen LogP contribution in [0.1, 0.15) is 16.7 Å². The second kappa shape index (κ2) is 6.17. The maximum Gasteiger partial charge on any atom is 0.313 e. The van der Waals surface area contributed by atoms with Crippen LogP contribution in [0.4, 0.5) is 0 Å². The molecule has 0 radical (unpaired) electrons. The number of hydrogen-bond donors (Lipinski definition) is 0. The van der Waals surface area contributed by atoms with E-state index in [-0.39, 0.29) is 11.5 Å². The minimum absolute atomic E-state index is 0.216. The third kappa shape index (κ3) is 4.22. The molecule has 0 aromatic heterocycles. The Bertz CT molecular complexity index is 810. The molecule has 108 valence electrons. The lowest BCUT2D eigenvalue weighted by molar-refractivity contribution is 0.485. The molecular weight excluding hydrogens is 310 g/mol. The first-order valence-corrected chi connectivity index (χ1v) is 8.02. The molecule has 0 heterocycles. The van der Waals surface area contributed by atoms with Gasteiger partial charge in [0.2, 0.25) is 0 Å². The molecule has 6 heteroatoms. The molecule has 0 unspecified atom stereocenters. The van der Waals surface area contributed by atoms with Gasteiger partial charge in [0.1, 0.15) is 11.5 Å². The van der Waals surface area contributed by atoms with Crippen LogP contribution >= 0.6 is 11.6 Å². The standard InChI is InChI=1S/C15H12ClNO3S/c1-11-7-14(5-6-15(11)16)20-21(18,19)10-13-4-2-3-12(8-13)9-17/h2-8H,10H2,1H3. The average molecular weight is 322 g/mol. The maximum atomic E-state index is 12.0. The summed E-state index contributed by atoms with van der Waals surface area (Å²) < 4.78 is 29.1. The monoisotopic (exact) mass is 321 g/mol. The van der Waals surface area contributed by atoms with Gasteiger partial charge >= 0.3 is 10.1 Å². The van der Waals surface area contributed by atoms with Crippen molar-refractivity contribution in [2.75, 3.05) is 0 Å². The van der Waals surface area contributed by atoms with Crippen molar-refractivity contribution in [1.29, 1.82) is 5.26 Å². The molecule has 0 fully saturated rings. The second-order valence-corrected chi connectivity index (χ2v) is 6.49. The fourth-order valence-corrected chi connectivity index (χ4v) is 2.94. The van der Waals surface area contributed by atoms with E-state index in [9.17, 15) is 8.42 Å². The summed E-state index contributed by atoms with van der Waals surface area (Å²) in [5, 5.41) is 9.35. The zero-order valence-corrected chi connectivity index (χ0v) is 12.8. The van der Waals surface area contributed by atoms with E-state index < -0.39 is 10.1 Å². The lowest BCUT2D eigenvalue weighted by Crippen LogP contribution is -2.12. The summed E-state index contributed by atoms with van der Waals surface area (Å²) in [7, 11) is -3.79. The molecule has 0 aliphatic carbocycles. The van der Waals surface area contributed by atoms with E-state index >= 15 is 0 Å². The number of hydrogen-bond acceptors (Lipinski definition) is 4. The Kier molecular flexibility index (Phi) is 4.51. The van der Waals surface area contributed by atoms with Gasteiger partial charge in [-0.3, -0.25) is 0 Å². The minimum Gasteiger partial charge on any atom is -0.382 e. The Morgan fingerprint density at radius 1 is 1.24 bits per heavy atom. The number of nitrogens with zero attached hydrogens (tertiary/aromatic N) is 1. The van der Waals surface area contributed by atoms with Gasteiger partial charge in [-0.1, -0.05) is 23.7 Å². The number of nitriles is 1. The summed E-state index contributed by atoms with van der Waals surface area (Å²) in [4.78, 5) is 0. The van der Waals surface area contributed by atoms with Crippen LogP contribution in [-0.2, 0) is 15.9 Å². The number of rotatable bonds is 4. The van der Waals surface area contributed by atoms with Crippen LogP contribution in [0.5, 0.6) is 5.75 Å². The molecule has 0 aliphatic rings. The Morgan fingerprint density at radius 3 is 2.67 bits per heavy atom. The third-order valence-electron chi connectivity index (χ3n) is 2.75. The number of halogens is 1. The normalized spacial score (nSPS) is 10.9. The van der Waals surface area contributed by atoms with E-state index in [4.69, 9.17) is 21.0 Å². The zero-order chi connectivity index (χ0) is 15.5. The summed E-state index contributed by atoms with van der Waals surface area (Å²) >= 11 is 5.88. The van der Waals surface area contributed by atoms with Gasteiger partial charge in [0.05, 0.1) is 11.6 Å². The van der Waals surface area contributed by atoms with Crippen molar-refractivity contribution in [3.8, 4) is 11.8 Å². The molecule has 0 amide bonds. The fraction of sp³-hybridized carbons (Fsp3) is 0.133. The van der Waals surface area contributed by atoms with E-state index in [0.29, 0.717) is 16.1 Å². The van der Waals surface area contributed by atoms with Gasteiger partial charge in [-0.2, -0.15) is 13.7 Å². The van der Waals surface area contributed by atoms with Crippen LogP contribution in [-0.4, -0.2) is 8.42 Å². The Hall–Kier alpha value is -2.03. The van der Waals surface area contributed by atoms with Crippen molar-refractivity contribution < 1.29 is 12.6 Å². The molecule has 0 atom stereocenters. The first kappa shape index (κ1) is 15.4. The molecule has 0 bridgehead atoms. The van der Waals surface area contributed by atoms with E-state index in [1.54, 1.807) is 37.3 Å². The molecule has 0 N–H and O–H groups in total. The highest BCUT2D eigenvalue weighted by atomic mass is 35.5. The number of aryl methyl sites for hydroxylation is 1. The fourth-order valence-electron chi connectivity index (χ4n) is 1.78. The summed E-state index contributed by atoms with van der Waals surface area (Å²) in [5.74, 6) is -0.0853. The molecule has 0 aliphatic heterocycles. The van der Waals surface area contributed by atoms with Crippen molar-refractivity contribution in [3.05, 3.63) is 64.2 Å². The molecule has 0 saturated heterocycles. The second-order valence-electron chi connectivity index (χ2n) is 4.51. The average Bonchev–Trinajstić information content (AvgIpc) is 2.42. The van der Waals surface area contributed by atoms with Crippen LogP contribution in [0.2, 0.25) is 5.02 Å². The Morgan fingerprint density at radius 2 is 2.00 bits per heavy atom. The van der Waals surface area contributed by atoms with Gasteiger partial charge in [0.15, 0.2) is 0 Å².